The van der Waals surface area contributed by atoms with Gasteiger partial charge in [0.25, 0.3) is 0 Å². The lowest BCUT2D eigenvalue weighted by Gasteiger charge is -2.25. The maximum atomic E-state index is 5.97. The molecule has 0 aromatic heterocycles. The summed E-state index contributed by atoms with van der Waals surface area (Å²) in [7, 11) is 0. The number of fused-ring (bicyclic) bond motifs is 1. The first-order valence-corrected chi connectivity index (χ1v) is 3.92. The van der Waals surface area contributed by atoms with Crippen LogP contribution in [0.15, 0.2) is 47.6 Å². The monoisotopic (exact) mass is 163 g/mol. The van der Waals surface area contributed by atoms with Crippen LogP contribution in [0.5, 0.6) is 0 Å². The van der Waals surface area contributed by atoms with E-state index in [1.807, 2.05) is 36.7 Å². The fourth-order valence-electron chi connectivity index (χ4n) is 1.22. The van der Waals surface area contributed by atoms with Crippen molar-refractivity contribution >= 4 is 18.4 Å². The molecule has 0 radical (unpaired) electrons. The quantitative estimate of drug-likeness (QED) is 0.494. The minimum Gasteiger partial charge on any atom is -0.389 e. The van der Waals surface area contributed by atoms with Gasteiger partial charge in [-0.1, -0.05) is 29.7 Å². The zero-order valence-electron chi connectivity index (χ0n) is 5.94. The molecular formula is C8H7BClN. The third-order valence-corrected chi connectivity index (χ3v) is 2.13. The molecule has 0 atom stereocenters. The number of halogens is 1. The number of rotatable bonds is 0. The molecule has 0 aliphatic carbocycles. The Kier molecular flexibility index (Phi) is 1.62. The van der Waals surface area contributed by atoms with E-state index in [9.17, 15) is 0 Å². The molecule has 1 nitrogen and oxygen atoms in total. The Hall–Kier alpha value is -0.885. The molecule has 0 fully saturated rings. The molecule has 0 unspecified atom stereocenters. The fraction of sp³-hybridized carbons (Fsp3) is 0. The third-order valence-electron chi connectivity index (χ3n) is 1.78. The van der Waals surface area contributed by atoms with Crippen molar-refractivity contribution in [3.05, 3.63) is 47.6 Å². The van der Waals surface area contributed by atoms with Gasteiger partial charge in [0.1, 0.15) is 0 Å². The van der Waals surface area contributed by atoms with Crippen LogP contribution < -0.4 is 0 Å². The molecule has 0 aromatic rings. The maximum Gasteiger partial charge on any atom is 0.331 e. The van der Waals surface area contributed by atoms with Crippen molar-refractivity contribution < 1.29 is 0 Å². The first-order valence-electron chi connectivity index (χ1n) is 3.54. The van der Waals surface area contributed by atoms with E-state index >= 15 is 0 Å². The van der Waals surface area contributed by atoms with Crippen LogP contribution in [0.1, 0.15) is 0 Å². The van der Waals surface area contributed by atoms with Crippen LogP contribution in [-0.4, -0.2) is 11.7 Å². The molecule has 0 bridgehead atoms. The number of hydrogen-bond acceptors (Lipinski definition) is 1. The van der Waals surface area contributed by atoms with Gasteiger partial charge in [-0.15, -0.1) is 0 Å². The van der Waals surface area contributed by atoms with Gasteiger partial charge in [-0.25, -0.2) is 0 Å². The van der Waals surface area contributed by atoms with E-state index < -0.39 is 0 Å². The van der Waals surface area contributed by atoms with Crippen LogP contribution in [-0.2, 0) is 0 Å². The summed E-state index contributed by atoms with van der Waals surface area (Å²) in [5.41, 5.74) is 0. The molecule has 0 spiro atoms. The SMILES string of the molecule is ClC1=CC=CN2C=CC=CB12. The van der Waals surface area contributed by atoms with E-state index in [0.717, 1.165) is 4.93 Å². The van der Waals surface area contributed by atoms with Gasteiger partial charge in [0.05, 0.1) is 0 Å². The van der Waals surface area contributed by atoms with Crippen LogP contribution in [0.2, 0.25) is 0 Å². The standard InChI is InChI=1S/C8H7BClN/c10-8-4-3-7-11-6-2-1-5-9(8)11/h1-7H. The first-order chi connectivity index (χ1) is 5.38. The van der Waals surface area contributed by atoms with Gasteiger partial charge in [-0.3, -0.25) is 0 Å². The zero-order chi connectivity index (χ0) is 7.68. The number of allylic oxidation sites excluding steroid dienone is 4. The van der Waals surface area contributed by atoms with Gasteiger partial charge in [0, 0.05) is 4.93 Å². The van der Waals surface area contributed by atoms with Gasteiger partial charge in [-0.2, -0.15) is 0 Å². The highest BCUT2D eigenvalue weighted by molar-refractivity contribution is 6.80. The van der Waals surface area contributed by atoms with Crippen molar-refractivity contribution in [1.82, 2.24) is 4.81 Å². The van der Waals surface area contributed by atoms with Gasteiger partial charge >= 0.3 is 6.85 Å². The second-order valence-corrected chi connectivity index (χ2v) is 2.95. The van der Waals surface area contributed by atoms with E-state index in [2.05, 4.69) is 10.8 Å². The Morgan fingerprint density at radius 2 is 2.00 bits per heavy atom. The second-order valence-electron chi connectivity index (χ2n) is 2.51. The van der Waals surface area contributed by atoms with E-state index in [4.69, 9.17) is 11.6 Å². The van der Waals surface area contributed by atoms with Crippen LogP contribution in [0.3, 0.4) is 0 Å². The third kappa shape index (κ3) is 1.14. The number of nitrogens with zero attached hydrogens (tertiary/aromatic N) is 1. The van der Waals surface area contributed by atoms with Crippen molar-refractivity contribution in [2.24, 2.45) is 0 Å². The molecule has 11 heavy (non-hydrogen) atoms. The molecule has 0 N–H and O–H groups in total. The molecule has 0 saturated heterocycles. The van der Waals surface area contributed by atoms with Crippen molar-refractivity contribution in [1.29, 1.82) is 0 Å². The summed E-state index contributed by atoms with van der Waals surface area (Å²) in [6.07, 6.45) is 11.9. The van der Waals surface area contributed by atoms with Crippen molar-refractivity contribution in [2.45, 2.75) is 0 Å². The molecule has 0 aromatic carbocycles. The predicted molar refractivity (Wildman–Crippen MR) is 48.9 cm³/mol. The van der Waals surface area contributed by atoms with Crippen molar-refractivity contribution in [2.75, 3.05) is 0 Å². The van der Waals surface area contributed by atoms with E-state index in [-0.39, 0.29) is 6.85 Å². The highest BCUT2D eigenvalue weighted by Gasteiger charge is 2.23. The van der Waals surface area contributed by atoms with Gasteiger partial charge < -0.3 is 4.81 Å². The minimum atomic E-state index is 0.228. The largest absolute Gasteiger partial charge is 0.389 e. The summed E-state index contributed by atoms with van der Waals surface area (Å²) in [6, 6.07) is 0. The molecule has 0 saturated carbocycles. The highest BCUT2D eigenvalue weighted by Crippen LogP contribution is 2.19. The Balaban J connectivity index is 2.33. The average molecular weight is 163 g/mol. The molecule has 2 rings (SSSR count). The Morgan fingerprint density at radius 1 is 1.18 bits per heavy atom. The summed E-state index contributed by atoms with van der Waals surface area (Å²) >= 11 is 5.97. The van der Waals surface area contributed by atoms with Crippen LogP contribution in [0.25, 0.3) is 0 Å². The summed E-state index contributed by atoms with van der Waals surface area (Å²) in [5.74, 6) is 2.07. The Labute approximate surface area is 71.4 Å². The maximum absolute atomic E-state index is 5.97. The van der Waals surface area contributed by atoms with Gasteiger partial charge in [0.15, 0.2) is 0 Å². The van der Waals surface area contributed by atoms with Crippen molar-refractivity contribution in [3.63, 3.8) is 0 Å². The van der Waals surface area contributed by atoms with E-state index in [1.54, 1.807) is 0 Å². The lowest BCUT2D eigenvalue weighted by molar-refractivity contribution is 0.789. The molecule has 0 amide bonds. The molecule has 2 aliphatic heterocycles. The van der Waals surface area contributed by atoms with Gasteiger partial charge in [-0.05, 0) is 24.6 Å². The zero-order valence-corrected chi connectivity index (χ0v) is 6.70. The summed E-state index contributed by atoms with van der Waals surface area (Å²) in [4.78, 5) is 2.94. The average Bonchev–Trinajstić information content (AvgIpc) is 2.06. The molecule has 3 heteroatoms. The van der Waals surface area contributed by atoms with Gasteiger partial charge in [0.2, 0.25) is 0 Å². The second kappa shape index (κ2) is 2.63. The molecular weight excluding hydrogens is 156 g/mol. The summed E-state index contributed by atoms with van der Waals surface area (Å²) in [5, 5.41) is 0. The van der Waals surface area contributed by atoms with Crippen molar-refractivity contribution in [3.8, 4) is 0 Å². The van der Waals surface area contributed by atoms with E-state index in [1.165, 1.54) is 0 Å². The van der Waals surface area contributed by atoms with Crippen LogP contribution >= 0.6 is 11.6 Å². The Bertz CT molecular complexity index is 278. The topological polar surface area (TPSA) is 3.24 Å². The normalized spacial score (nSPS) is 20.3. The lowest BCUT2D eigenvalue weighted by atomic mass is 9.58. The molecule has 2 heterocycles. The summed E-state index contributed by atoms with van der Waals surface area (Å²) < 4.78 is 0. The predicted octanol–water partition coefficient (Wildman–Crippen LogP) is 2.09. The smallest absolute Gasteiger partial charge is 0.331 e. The van der Waals surface area contributed by atoms with E-state index in [0.29, 0.717) is 0 Å². The highest BCUT2D eigenvalue weighted by atomic mass is 35.5. The summed E-state index contributed by atoms with van der Waals surface area (Å²) in [6.45, 7) is 0.228. The fourth-order valence-corrected chi connectivity index (χ4v) is 1.48. The molecule has 2 aliphatic rings. The molecule has 54 valence electrons. The Morgan fingerprint density at radius 3 is 2.82 bits per heavy atom. The number of hydrogen-bond donors (Lipinski definition) is 0. The first kappa shape index (κ1) is 6.80. The van der Waals surface area contributed by atoms with Crippen LogP contribution in [0, 0.1) is 0 Å². The van der Waals surface area contributed by atoms with Crippen LogP contribution in [0.4, 0.5) is 0 Å². The minimum absolute atomic E-state index is 0.228. The lowest BCUT2D eigenvalue weighted by Crippen LogP contribution is -2.33.